The first-order chi connectivity index (χ1) is 8.27. The maximum Gasteiger partial charge on any atom is 0.124 e. The fourth-order valence-corrected chi connectivity index (χ4v) is 1.46. The monoisotopic (exact) mass is 235 g/mol. The van der Waals surface area contributed by atoms with Crippen molar-refractivity contribution < 1.29 is 9.84 Å². The Kier molecular flexibility index (Phi) is 6.37. The predicted molar refractivity (Wildman–Crippen MR) is 70.1 cm³/mol. The lowest BCUT2D eigenvalue weighted by molar-refractivity contribution is 0.233. The zero-order valence-electron chi connectivity index (χ0n) is 10.4. The zero-order chi connectivity index (χ0) is 12.5. The van der Waals surface area contributed by atoms with Gasteiger partial charge in [-0.3, -0.25) is 0 Å². The van der Waals surface area contributed by atoms with Crippen molar-refractivity contribution in [1.29, 1.82) is 0 Å². The SMILES string of the molecule is C=CCOc1ccccc1CNCC(C)CO. The van der Waals surface area contributed by atoms with Gasteiger partial charge in [0.25, 0.3) is 0 Å². The van der Waals surface area contributed by atoms with E-state index in [0.717, 1.165) is 24.4 Å². The van der Waals surface area contributed by atoms with E-state index in [1.54, 1.807) is 6.08 Å². The number of benzene rings is 1. The first-order valence-corrected chi connectivity index (χ1v) is 5.91. The maximum absolute atomic E-state index is 8.93. The van der Waals surface area contributed by atoms with E-state index in [9.17, 15) is 0 Å². The van der Waals surface area contributed by atoms with Gasteiger partial charge in [-0.2, -0.15) is 0 Å². The van der Waals surface area contributed by atoms with Crippen LogP contribution >= 0.6 is 0 Å². The lowest BCUT2D eigenvalue weighted by Gasteiger charge is -2.12. The van der Waals surface area contributed by atoms with Crippen LogP contribution in [0.2, 0.25) is 0 Å². The molecule has 0 radical (unpaired) electrons. The molecule has 0 heterocycles. The third kappa shape index (κ3) is 5.02. The number of rotatable bonds is 8. The summed E-state index contributed by atoms with van der Waals surface area (Å²) in [6.45, 7) is 7.91. The topological polar surface area (TPSA) is 41.5 Å². The van der Waals surface area contributed by atoms with Crippen LogP contribution in [0.3, 0.4) is 0 Å². The van der Waals surface area contributed by atoms with Crippen LogP contribution in [0.1, 0.15) is 12.5 Å². The molecule has 0 amide bonds. The summed E-state index contributed by atoms with van der Waals surface area (Å²) in [5.74, 6) is 1.16. The normalized spacial score (nSPS) is 12.1. The molecule has 1 aromatic rings. The fourth-order valence-electron chi connectivity index (χ4n) is 1.46. The molecule has 0 saturated carbocycles. The Morgan fingerprint density at radius 2 is 2.24 bits per heavy atom. The Balaban J connectivity index is 2.48. The molecule has 0 spiro atoms. The fraction of sp³-hybridized carbons (Fsp3) is 0.429. The minimum atomic E-state index is 0.210. The van der Waals surface area contributed by atoms with Crippen molar-refractivity contribution >= 4 is 0 Å². The van der Waals surface area contributed by atoms with Gasteiger partial charge in [0.15, 0.2) is 0 Å². The summed E-state index contributed by atoms with van der Waals surface area (Å²) in [7, 11) is 0. The number of hydrogen-bond donors (Lipinski definition) is 2. The molecule has 3 heteroatoms. The number of ether oxygens (including phenoxy) is 1. The van der Waals surface area contributed by atoms with Crippen LogP contribution in [0.15, 0.2) is 36.9 Å². The van der Waals surface area contributed by atoms with Crippen LogP contribution < -0.4 is 10.1 Å². The largest absolute Gasteiger partial charge is 0.489 e. The molecule has 1 unspecified atom stereocenters. The average Bonchev–Trinajstić information content (AvgIpc) is 2.37. The van der Waals surface area contributed by atoms with Crippen LogP contribution in [-0.4, -0.2) is 24.9 Å². The molecular formula is C14H21NO2. The molecular weight excluding hydrogens is 214 g/mol. The molecule has 0 aliphatic heterocycles. The van der Waals surface area contributed by atoms with E-state index >= 15 is 0 Å². The highest BCUT2D eigenvalue weighted by Gasteiger charge is 2.03. The van der Waals surface area contributed by atoms with Gasteiger partial charge in [-0.25, -0.2) is 0 Å². The third-order valence-electron chi connectivity index (χ3n) is 2.45. The molecule has 0 aliphatic carbocycles. The highest BCUT2D eigenvalue weighted by Crippen LogP contribution is 2.17. The first-order valence-electron chi connectivity index (χ1n) is 5.91. The lowest BCUT2D eigenvalue weighted by Crippen LogP contribution is -2.23. The van der Waals surface area contributed by atoms with Crippen molar-refractivity contribution in [2.24, 2.45) is 5.92 Å². The van der Waals surface area contributed by atoms with Gasteiger partial charge in [-0.15, -0.1) is 0 Å². The molecule has 1 rings (SSSR count). The lowest BCUT2D eigenvalue weighted by atomic mass is 10.1. The van der Waals surface area contributed by atoms with E-state index in [4.69, 9.17) is 9.84 Å². The molecule has 0 fully saturated rings. The van der Waals surface area contributed by atoms with Crippen LogP contribution in [-0.2, 0) is 6.54 Å². The van der Waals surface area contributed by atoms with Gasteiger partial charge in [-0.1, -0.05) is 37.8 Å². The second kappa shape index (κ2) is 7.87. The third-order valence-corrected chi connectivity index (χ3v) is 2.45. The number of nitrogens with one attached hydrogen (secondary N) is 1. The van der Waals surface area contributed by atoms with Gasteiger partial charge >= 0.3 is 0 Å². The standard InChI is InChI=1S/C14H21NO2/c1-3-8-17-14-7-5-4-6-13(14)10-15-9-12(2)11-16/h3-7,12,15-16H,1,8-11H2,2H3. The number of hydrogen-bond acceptors (Lipinski definition) is 3. The highest BCUT2D eigenvalue weighted by atomic mass is 16.5. The van der Waals surface area contributed by atoms with Gasteiger partial charge in [0.05, 0.1) is 0 Å². The van der Waals surface area contributed by atoms with E-state index in [-0.39, 0.29) is 12.5 Å². The van der Waals surface area contributed by atoms with Crippen LogP contribution in [0.25, 0.3) is 0 Å². The van der Waals surface area contributed by atoms with E-state index < -0.39 is 0 Å². The Hall–Kier alpha value is -1.32. The smallest absolute Gasteiger partial charge is 0.124 e. The van der Waals surface area contributed by atoms with Gasteiger partial charge in [0.1, 0.15) is 12.4 Å². The highest BCUT2D eigenvalue weighted by molar-refractivity contribution is 5.33. The second-order valence-corrected chi connectivity index (χ2v) is 4.13. The summed E-state index contributed by atoms with van der Waals surface area (Å²) < 4.78 is 5.56. The quantitative estimate of drug-likeness (QED) is 0.677. The summed E-state index contributed by atoms with van der Waals surface area (Å²) in [5.41, 5.74) is 1.12. The van der Waals surface area contributed by atoms with E-state index in [1.165, 1.54) is 0 Å². The summed E-state index contributed by atoms with van der Waals surface area (Å²) in [6.07, 6.45) is 1.73. The van der Waals surface area contributed by atoms with Gasteiger partial charge in [0, 0.05) is 25.3 Å². The van der Waals surface area contributed by atoms with E-state index in [2.05, 4.69) is 11.9 Å². The second-order valence-electron chi connectivity index (χ2n) is 4.13. The molecule has 1 aromatic carbocycles. The van der Waals surface area contributed by atoms with Crippen molar-refractivity contribution in [2.45, 2.75) is 13.5 Å². The summed E-state index contributed by atoms with van der Waals surface area (Å²) in [5, 5.41) is 12.2. The van der Waals surface area contributed by atoms with Crippen molar-refractivity contribution in [3.8, 4) is 5.75 Å². The number of aliphatic hydroxyl groups is 1. The number of para-hydroxylation sites is 1. The minimum Gasteiger partial charge on any atom is -0.489 e. The van der Waals surface area contributed by atoms with Crippen molar-refractivity contribution in [2.75, 3.05) is 19.8 Å². The summed E-state index contributed by atoms with van der Waals surface area (Å²) in [6, 6.07) is 7.94. The van der Waals surface area contributed by atoms with Crippen molar-refractivity contribution in [1.82, 2.24) is 5.32 Å². The molecule has 2 N–H and O–H groups in total. The van der Waals surface area contributed by atoms with Crippen molar-refractivity contribution in [3.63, 3.8) is 0 Å². The van der Waals surface area contributed by atoms with Crippen LogP contribution in [0, 0.1) is 5.92 Å². The molecule has 17 heavy (non-hydrogen) atoms. The van der Waals surface area contributed by atoms with E-state index in [0.29, 0.717) is 6.61 Å². The minimum absolute atomic E-state index is 0.210. The van der Waals surface area contributed by atoms with Gasteiger partial charge < -0.3 is 15.2 Å². The van der Waals surface area contributed by atoms with Crippen molar-refractivity contribution in [3.05, 3.63) is 42.5 Å². The average molecular weight is 235 g/mol. The molecule has 0 aromatic heterocycles. The maximum atomic E-state index is 8.93. The Morgan fingerprint density at radius 1 is 1.47 bits per heavy atom. The summed E-state index contributed by atoms with van der Waals surface area (Å²) >= 11 is 0. The van der Waals surface area contributed by atoms with Gasteiger partial charge in [-0.05, 0) is 12.0 Å². The van der Waals surface area contributed by atoms with Gasteiger partial charge in [0.2, 0.25) is 0 Å². The molecule has 3 nitrogen and oxygen atoms in total. The summed E-state index contributed by atoms with van der Waals surface area (Å²) in [4.78, 5) is 0. The van der Waals surface area contributed by atoms with Crippen LogP contribution in [0.5, 0.6) is 5.75 Å². The van der Waals surface area contributed by atoms with E-state index in [1.807, 2.05) is 31.2 Å². The van der Waals surface area contributed by atoms with Crippen LogP contribution in [0.4, 0.5) is 0 Å². The molecule has 0 saturated heterocycles. The Bertz CT molecular complexity index is 339. The molecule has 0 aliphatic rings. The molecule has 94 valence electrons. The Morgan fingerprint density at radius 3 is 2.94 bits per heavy atom. The molecule has 1 atom stereocenters. The molecule has 0 bridgehead atoms. The predicted octanol–water partition coefficient (Wildman–Crippen LogP) is 1.97. The Labute approximate surface area is 103 Å². The first kappa shape index (κ1) is 13.7. The number of aliphatic hydroxyl groups excluding tert-OH is 1. The zero-order valence-corrected chi connectivity index (χ0v) is 10.4.